The van der Waals surface area contributed by atoms with Crippen LogP contribution < -0.4 is 0 Å². The van der Waals surface area contributed by atoms with Crippen LogP contribution in [0.15, 0.2) is 12.1 Å². The molecule has 0 saturated heterocycles. The number of carboxylic acid groups (broad SMARTS) is 1. The Bertz CT molecular complexity index is 629. The Hall–Kier alpha value is -1.84. The lowest BCUT2D eigenvalue weighted by molar-refractivity contribution is -0.137. The third-order valence-electron chi connectivity index (χ3n) is 3.74. The number of aromatic nitrogens is 2. The summed E-state index contributed by atoms with van der Waals surface area (Å²) in [6, 6.07) is 4.09. The molecule has 0 atom stereocenters. The number of aryl methyl sites for hydroxylation is 3. The number of unbranched alkanes of at least 4 members (excludes halogenated alkanes) is 2. The van der Waals surface area contributed by atoms with Gasteiger partial charge in [-0.2, -0.15) is 0 Å². The lowest BCUT2D eigenvalue weighted by Gasteiger charge is -2.07. The molecule has 0 aliphatic heterocycles. The van der Waals surface area contributed by atoms with E-state index in [1.165, 1.54) is 11.1 Å². The second-order valence-corrected chi connectivity index (χ2v) is 5.39. The Morgan fingerprint density at radius 3 is 2.60 bits per heavy atom. The van der Waals surface area contributed by atoms with Gasteiger partial charge in [0.05, 0.1) is 11.0 Å². The molecule has 4 heteroatoms. The predicted octanol–water partition coefficient (Wildman–Crippen LogP) is 3.47. The SMILES string of the molecule is CCCCCc1nc2cc(C)c(C)cc2n1CC(=O)O. The van der Waals surface area contributed by atoms with Gasteiger partial charge in [0.1, 0.15) is 12.4 Å². The van der Waals surface area contributed by atoms with E-state index in [1.807, 2.05) is 23.6 Å². The first kappa shape index (κ1) is 14.6. The average molecular weight is 274 g/mol. The summed E-state index contributed by atoms with van der Waals surface area (Å²) in [5.74, 6) is 0.0696. The molecule has 108 valence electrons. The Morgan fingerprint density at radius 1 is 1.25 bits per heavy atom. The lowest BCUT2D eigenvalue weighted by atomic mass is 10.1. The summed E-state index contributed by atoms with van der Waals surface area (Å²) in [6.45, 7) is 6.25. The molecule has 1 aromatic heterocycles. The van der Waals surface area contributed by atoms with Gasteiger partial charge in [0.2, 0.25) is 0 Å². The van der Waals surface area contributed by atoms with Crippen molar-refractivity contribution in [3.05, 3.63) is 29.1 Å². The molecule has 2 aromatic rings. The van der Waals surface area contributed by atoms with Crippen molar-refractivity contribution in [1.29, 1.82) is 0 Å². The normalized spacial score (nSPS) is 11.2. The Kier molecular flexibility index (Phi) is 4.42. The summed E-state index contributed by atoms with van der Waals surface area (Å²) in [5.41, 5.74) is 4.20. The quantitative estimate of drug-likeness (QED) is 0.821. The molecule has 0 saturated carbocycles. The van der Waals surface area contributed by atoms with Gasteiger partial charge in [0.15, 0.2) is 0 Å². The molecule has 1 N–H and O–H groups in total. The fourth-order valence-corrected chi connectivity index (χ4v) is 2.47. The first-order valence-electron chi connectivity index (χ1n) is 7.21. The number of carboxylic acids is 1. The van der Waals surface area contributed by atoms with Crippen LogP contribution >= 0.6 is 0 Å². The summed E-state index contributed by atoms with van der Waals surface area (Å²) in [4.78, 5) is 15.7. The van der Waals surface area contributed by atoms with Crippen LogP contribution in [0.4, 0.5) is 0 Å². The van der Waals surface area contributed by atoms with E-state index < -0.39 is 5.97 Å². The van der Waals surface area contributed by atoms with E-state index >= 15 is 0 Å². The Morgan fingerprint density at radius 2 is 1.95 bits per heavy atom. The maximum atomic E-state index is 11.1. The van der Waals surface area contributed by atoms with Crippen LogP contribution in [0.5, 0.6) is 0 Å². The van der Waals surface area contributed by atoms with Crippen molar-refractivity contribution in [2.24, 2.45) is 0 Å². The van der Waals surface area contributed by atoms with E-state index in [0.717, 1.165) is 42.5 Å². The second kappa shape index (κ2) is 6.07. The van der Waals surface area contributed by atoms with E-state index in [4.69, 9.17) is 5.11 Å². The van der Waals surface area contributed by atoms with Crippen LogP contribution in [0, 0.1) is 13.8 Å². The maximum absolute atomic E-state index is 11.1. The van der Waals surface area contributed by atoms with Gasteiger partial charge in [-0.15, -0.1) is 0 Å². The molecule has 4 nitrogen and oxygen atoms in total. The van der Waals surface area contributed by atoms with Crippen molar-refractivity contribution in [2.75, 3.05) is 0 Å². The molecule has 1 aromatic carbocycles. The molecule has 0 aliphatic rings. The summed E-state index contributed by atoms with van der Waals surface area (Å²) < 4.78 is 1.85. The van der Waals surface area contributed by atoms with Gasteiger partial charge in [0.25, 0.3) is 0 Å². The van der Waals surface area contributed by atoms with E-state index in [9.17, 15) is 4.79 Å². The van der Waals surface area contributed by atoms with Crippen LogP contribution in [-0.2, 0) is 17.8 Å². The van der Waals surface area contributed by atoms with Gasteiger partial charge >= 0.3 is 5.97 Å². The number of nitrogens with zero attached hydrogens (tertiary/aromatic N) is 2. The van der Waals surface area contributed by atoms with Gasteiger partial charge in [0, 0.05) is 6.42 Å². The van der Waals surface area contributed by atoms with Crippen LogP contribution in [-0.4, -0.2) is 20.6 Å². The Balaban J connectivity index is 2.45. The summed E-state index contributed by atoms with van der Waals surface area (Å²) in [5, 5.41) is 9.12. The fraction of sp³-hybridized carbons (Fsp3) is 0.500. The zero-order valence-electron chi connectivity index (χ0n) is 12.4. The van der Waals surface area contributed by atoms with Crippen molar-refractivity contribution in [3.63, 3.8) is 0 Å². The Labute approximate surface area is 119 Å². The molecule has 0 unspecified atom stereocenters. The van der Waals surface area contributed by atoms with E-state index in [1.54, 1.807) is 0 Å². The minimum absolute atomic E-state index is 0.0134. The highest BCUT2D eigenvalue weighted by Crippen LogP contribution is 2.22. The number of benzene rings is 1. The van der Waals surface area contributed by atoms with Gasteiger partial charge in [-0.1, -0.05) is 19.8 Å². The van der Waals surface area contributed by atoms with Gasteiger partial charge in [-0.25, -0.2) is 4.98 Å². The first-order chi connectivity index (χ1) is 9.52. The van der Waals surface area contributed by atoms with Gasteiger partial charge in [-0.05, 0) is 43.5 Å². The number of rotatable bonds is 6. The van der Waals surface area contributed by atoms with E-state index in [2.05, 4.69) is 18.8 Å². The van der Waals surface area contributed by atoms with Crippen molar-refractivity contribution >= 4 is 17.0 Å². The minimum Gasteiger partial charge on any atom is -0.480 e. The standard InChI is InChI=1S/C16H22N2O2/c1-4-5-6-7-15-17-13-8-11(2)12(3)9-14(13)18(15)10-16(19)20/h8-9H,4-7,10H2,1-3H3,(H,19,20). The minimum atomic E-state index is -0.820. The number of imidazole rings is 1. The number of carbonyl (C=O) groups is 1. The number of fused-ring (bicyclic) bond motifs is 1. The zero-order valence-corrected chi connectivity index (χ0v) is 12.4. The molecule has 0 bridgehead atoms. The molecule has 20 heavy (non-hydrogen) atoms. The van der Waals surface area contributed by atoms with Crippen molar-refractivity contribution < 1.29 is 9.90 Å². The van der Waals surface area contributed by atoms with Crippen molar-refractivity contribution in [3.8, 4) is 0 Å². The molecule has 1 heterocycles. The largest absolute Gasteiger partial charge is 0.480 e. The molecular weight excluding hydrogens is 252 g/mol. The third-order valence-corrected chi connectivity index (χ3v) is 3.74. The summed E-state index contributed by atoms with van der Waals surface area (Å²) >= 11 is 0. The monoisotopic (exact) mass is 274 g/mol. The van der Waals surface area contributed by atoms with Gasteiger partial charge in [-0.3, -0.25) is 4.79 Å². The first-order valence-corrected chi connectivity index (χ1v) is 7.21. The van der Waals surface area contributed by atoms with Crippen LogP contribution in [0.2, 0.25) is 0 Å². The van der Waals surface area contributed by atoms with Crippen LogP contribution in [0.1, 0.15) is 43.1 Å². The van der Waals surface area contributed by atoms with Crippen LogP contribution in [0.25, 0.3) is 11.0 Å². The number of hydrogen-bond donors (Lipinski definition) is 1. The van der Waals surface area contributed by atoms with Gasteiger partial charge < -0.3 is 9.67 Å². The zero-order chi connectivity index (χ0) is 14.7. The smallest absolute Gasteiger partial charge is 0.323 e. The highest BCUT2D eigenvalue weighted by atomic mass is 16.4. The maximum Gasteiger partial charge on any atom is 0.323 e. The molecule has 0 aliphatic carbocycles. The predicted molar refractivity (Wildman–Crippen MR) is 80.1 cm³/mol. The highest BCUT2D eigenvalue weighted by Gasteiger charge is 2.14. The van der Waals surface area contributed by atoms with E-state index in [-0.39, 0.29) is 6.54 Å². The molecule has 0 spiro atoms. The van der Waals surface area contributed by atoms with Crippen molar-refractivity contribution in [2.45, 2.75) is 53.0 Å². The fourth-order valence-electron chi connectivity index (χ4n) is 2.47. The molecule has 2 rings (SSSR count). The molecule has 0 radical (unpaired) electrons. The van der Waals surface area contributed by atoms with E-state index in [0.29, 0.717) is 0 Å². The third kappa shape index (κ3) is 3.00. The molecule has 0 fully saturated rings. The molecule has 0 amide bonds. The number of hydrogen-bond acceptors (Lipinski definition) is 2. The topological polar surface area (TPSA) is 55.1 Å². The lowest BCUT2D eigenvalue weighted by Crippen LogP contribution is -2.12. The second-order valence-electron chi connectivity index (χ2n) is 5.39. The summed E-state index contributed by atoms with van der Waals surface area (Å²) in [6.07, 6.45) is 4.19. The van der Waals surface area contributed by atoms with Crippen molar-refractivity contribution in [1.82, 2.24) is 9.55 Å². The summed E-state index contributed by atoms with van der Waals surface area (Å²) in [7, 11) is 0. The number of aliphatic carboxylic acids is 1. The average Bonchev–Trinajstić information content (AvgIpc) is 2.68. The van der Waals surface area contributed by atoms with Crippen LogP contribution in [0.3, 0.4) is 0 Å². The molecular formula is C16H22N2O2. The highest BCUT2D eigenvalue weighted by molar-refractivity contribution is 5.80.